The van der Waals surface area contributed by atoms with Crippen molar-refractivity contribution in [3.05, 3.63) is 70.1 Å². The van der Waals surface area contributed by atoms with Crippen molar-refractivity contribution in [2.24, 2.45) is 0 Å². The average molecular weight is 546 g/mol. The SMILES string of the molecule is CC(=O)Nc1ccc2oc(C(=O)NCC(=O)N3CCN(c4ccccc4CN4CCCC4=O)CC3)cc(=O)c2c1. The standard InChI is InChI=1S/C29H31N5O6/c1-19(35)31-21-8-9-25-22(15-21)24(36)16-26(40-25)29(39)30-17-28(38)33-13-11-32(12-14-33)23-6-3-2-5-20(23)18-34-10-4-7-27(34)37/h2-3,5-6,8-9,15-16H,4,7,10-14,17-18H2,1H3,(H,30,39)(H,31,35). The molecule has 0 aliphatic carbocycles. The van der Waals surface area contributed by atoms with Crippen molar-refractivity contribution in [2.45, 2.75) is 26.3 Å². The van der Waals surface area contributed by atoms with Gasteiger partial charge in [-0.15, -0.1) is 0 Å². The summed E-state index contributed by atoms with van der Waals surface area (Å²) >= 11 is 0. The fraction of sp³-hybridized carbons (Fsp3) is 0.345. The molecule has 0 saturated carbocycles. The normalized spacial score (nSPS) is 15.4. The van der Waals surface area contributed by atoms with Gasteiger partial charge in [0.25, 0.3) is 5.91 Å². The van der Waals surface area contributed by atoms with Gasteiger partial charge in [-0.25, -0.2) is 0 Å². The molecule has 3 aromatic rings. The lowest BCUT2D eigenvalue weighted by atomic mass is 10.1. The second kappa shape index (κ2) is 11.6. The number of carbonyl (C=O) groups is 4. The van der Waals surface area contributed by atoms with E-state index in [0.29, 0.717) is 44.8 Å². The second-order valence-corrected chi connectivity index (χ2v) is 9.97. The van der Waals surface area contributed by atoms with Gasteiger partial charge in [0, 0.05) is 70.1 Å². The highest BCUT2D eigenvalue weighted by Crippen LogP contribution is 2.25. The van der Waals surface area contributed by atoms with E-state index in [4.69, 9.17) is 4.42 Å². The van der Waals surface area contributed by atoms with Crippen LogP contribution in [0.5, 0.6) is 0 Å². The summed E-state index contributed by atoms with van der Waals surface area (Å²) in [6.07, 6.45) is 1.50. The van der Waals surface area contributed by atoms with Gasteiger partial charge in [-0.3, -0.25) is 24.0 Å². The molecule has 2 aliphatic rings. The van der Waals surface area contributed by atoms with E-state index in [1.165, 1.54) is 19.1 Å². The number of benzene rings is 2. The fourth-order valence-corrected chi connectivity index (χ4v) is 5.13. The minimum absolute atomic E-state index is 0.186. The number of hydrogen-bond acceptors (Lipinski definition) is 7. The van der Waals surface area contributed by atoms with Crippen LogP contribution >= 0.6 is 0 Å². The number of rotatable bonds is 7. The molecule has 0 atom stereocenters. The zero-order valence-electron chi connectivity index (χ0n) is 22.3. The molecule has 208 valence electrons. The van der Waals surface area contributed by atoms with Gasteiger partial charge in [0.15, 0.2) is 11.2 Å². The summed E-state index contributed by atoms with van der Waals surface area (Å²) in [5.74, 6) is -1.18. The minimum atomic E-state index is -0.665. The van der Waals surface area contributed by atoms with E-state index in [9.17, 15) is 24.0 Å². The Balaban J connectivity index is 1.16. The van der Waals surface area contributed by atoms with Crippen LogP contribution in [-0.4, -0.2) is 72.7 Å². The summed E-state index contributed by atoms with van der Waals surface area (Å²) in [5.41, 5.74) is 2.37. The highest BCUT2D eigenvalue weighted by atomic mass is 16.3. The maximum Gasteiger partial charge on any atom is 0.287 e. The fourth-order valence-electron chi connectivity index (χ4n) is 5.13. The summed E-state index contributed by atoms with van der Waals surface area (Å²) in [4.78, 5) is 67.3. The molecule has 2 fully saturated rings. The van der Waals surface area contributed by atoms with Crippen molar-refractivity contribution in [1.29, 1.82) is 0 Å². The number of carbonyl (C=O) groups excluding carboxylic acids is 4. The van der Waals surface area contributed by atoms with E-state index in [1.807, 2.05) is 29.2 Å². The molecule has 2 aromatic carbocycles. The Labute approximate surface area is 230 Å². The van der Waals surface area contributed by atoms with Crippen molar-refractivity contribution in [3.8, 4) is 0 Å². The van der Waals surface area contributed by atoms with Crippen LogP contribution in [0.25, 0.3) is 11.0 Å². The monoisotopic (exact) mass is 545 g/mol. The third-order valence-electron chi connectivity index (χ3n) is 7.17. The smallest absolute Gasteiger partial charge is 0.287 e. The zero-order valence-corrected chi connectivity index (χ0v) is 22.3. The molecular weight excluding hydrogens is 514 g/mol. The van der Waals surface area contributed by atoms with Crippen molar-refractivity contribution < 1.29 is 23.6 Å². The van der Waals surface area contributed by atoms with Crippen LogP contribution in [0.4, 0.5) is 11.4 Å². The molecule has 5 rings (SSSR count). The topological polar surface area (TPSA) is 132 Å². The zero-order chi connectivity index (χ0) is 28.2. The summed E-state index contributed by atoms with van der Waals surface area (Å²) < 4.78 is 5.59. The second-order valence-electron chi connectivity index (χ2n) is 9.97. The van der Waals surface area contributed by atoms with Gasteiger partial charge in [0.05, 0.1) is 11.9 Å². The van der Waals surface area contributed by atoms with Gasteiger partial charge >= 0.3 is 0 Å². The number of fused-ring (bicyclic) bond motifs is 1. The van der Waals surface area contributed by atoms with Crippen molar-refractivity contribution in [2.75, 3.05) is 49.5 Å². The van der Waals surface area contributed by atoms with Crippen molar-refractivity contribution in [1.82, 2.24) is 15.1 Å². The van der Waals surface area contributed by atoms with Crippen LogP contribution in [0.15, 0.2) is 57.7 Å². The van der Waals surface area contributed by atoms with Crippen molar-refractivity contribution in [3.63, 3.8) is 0 Å². The summed E-state index contributed by atoms with van der Waals surface area (Å²) in [7, 11) is 0. The highest BCUT2D eigenvalue weighted by Gasteiger charge is 2.25. The number of piperazine rings is 1. The van der Waals surface area contributed by atoms with E-state index in [1.54, 1.807) is 11.0 Å². The first kappa shape index (κ1) is 26.9. The summed E-state index contributed by atoms with van der Waals surface area (Å²) in [5, 5.41) is 5.38. The van der Waals surface area contributed by atoms with Gasteiger partial charge in [-0.05, 0) is 36.2 Å². The molecule has 0 radical (unpaired) electrons. The first-order valence-corrected chi connectivity index (χ1v) is 13.3. The van der Waals surface area contributed by atoms with E-state index >= 15 is 0 Å². The lowest BCUT2D eigenvalue weighted by Gasteiger charge is -2.37. The molecule has 0 bridgehead atoms. The van der Waals surface area contributed by atoms with E-state index in [0.717, 1.165) is 30.3 Å². The van der Waals surface area contributed by atoms with Gasteiger partial charge < -0.3 is 29.8 Å². The molecule has 2 saturated heterocycles. The highest BCUT2D eigenvalue weighted by molar-refractivity contribution is 5.96. The Morgan fingerprint density at radius 3 is 2.45 bits per heavy atom. The number of nitrogens with one attached hydrogen (secondary N) is 2. The van der Waals surface area contributed by atoms with Gasteiger partial charge in [-0.2, -0.15) is 0 Å². The number of para-hydroxylation sites is 1. The predicted molar refractivity (Wildman–Crippen MR) is 149 cm³/mol. The summed E-state index contributed by atoms with van der Waals surface area (Å²) in [6, 6.07) is 13.7. The van der Waals surface area contributed by atoms with Gasteiger partial charge in [0.1, 0.15) is 5.58 Å². The first-order valence-electron chi connectivity index (χ1n) is 13.3. The Bertz CT molecular complexity index is 1520. The predicted octanol–water partition coefficient (Wildman–Crippen LogP) is 1.95. The number of nitrogens with zero attached hydrogens (tertiary/aromatic N) is 3. The van der Waals surface area contributed by atoms with Crippen LogP contribution in [0.3, 0.4) is 0 Å². The lowest BCUT2D eigenvalue weighted by Crippen LogP contribution is -2.51. The molecule has 2 N–H and O–H groups in total. The molecular formula is C29H31N5O6. The summed E-state index contributed by atoms with van der Waals surface area (Å²) in [6.45, 7) is 4.75. The van der Waals surface area contributed by atoms with E-state index in [2.05, 4.69) is 15.5 Å². The van der Waals surface area contributed by atoms with Crippen LogP contribution in [0.2, 0.25) is 0 Å². The van der Waals surface area contributed by atoms with Crippen LogP contribution in [0, 0.1) is 0 Å². The Hall–Kier alpha value is -4.67. The van der Waals surface area contributed by atoms with Crippen molar-refractivity contribution >= 4 is 46.0 Å². The molecule has 40 heavy (non-hydrogen) atoms. The third-order valence-corrected chi connectivity index (χ3v) is 7.17. The minimum Gasteiger partial charge on any atom is -0.451 e. The largest absolute Gasteiger partial charge is 0.451 e. The van der Waals surface area contributed by atoms with E-state index < -0.39 is 11.3 Å². The molecule has 11 nitrogen and oxygen atoms in total. The average Bonchev–Trinajstić information content (AvgIpc) is 3.35. The molecule has 2 aliphatic heterocycles. The Morgan fingerprint density at radius 2 is 1.73 bits per heavy atom. The molecule has 3 heterocycles. The number of amides is 4. The Kier molecular flexibility index (Phi) is 7.81. The molecule has 1 aromatic heterocycles. The lowest BCUT2D eigenvalue weighted by molar-refractivity contribution is -0.130. The van der Waals surface area contributed by atoms with E-state index in [-0.39, 0.29) is 41.0 Å². The van der Waals surface area contributed by atoms with Gasteiger partial charge in [0.2, 0.25) is 17.7 Å². The molecule has 0 unspecified atom stereocenters. The first-order chi connectivity index (χ1) is 19.3. The Morgan fingerprint density at radius 1 is 0.950 bits per heavy atom. The van der Waals surface area contributed by atoms with Gasteiger partial charge in [-0.1, -0.05) is 18.2 Å². The number of anilines is 2. The quantitative estimate of drug-likeness (QED) is 0.464. The maximum atomic E-state index is 12.8. The van der Waals surface area contributed by atoms with Crippen LogP contribution < -0.4 is 21.0 Å². The maximum absolute atomic E-state index is 12.8. The molecule has 11 heteroatoms. The van der Waals surface area contributed by atoms with Crippen LogP contribution in [0.1, 0.15) is 35.9 Å². The number of hydrogen-bond donors (Lipinski definition) is 2. The molecule has 4 amide bonds. The van der Waals surface area contributed by atoms with Crippen LogP contribution in [-0.2, 0) is 20.9 Å². The third kappa shape index (κ3) is 5.98. The molecule has 0 spiro atoms. The number of likely N-dealkylation sites (tertiary alicyclic amines) is 1.